The van der Waals surface area contributed by atoms with Crippen LogP contribution in [0.4, 0.5) is 0 Å². The first kappa shape index (κ1) is 15.9. The predicted molar refractivity (Wildman–Crippen MR) is 74.5 cm³/mol. The van der Waals surface area contributed by atoms with Gasteiger partial charge in [0.15, 0.2) is 9.84 Å². The Balaban J connectivity index is 2.60. The standard InChI is InChI=1S/C13H27NO3S/c1-4-14-12(9-17-3)10-18(15,16)13-7-5-6-11(2)8-13/h11-14H,4-10H2,1-3H3. The molecule has 0 aromatic rings. The quantitative estimate of drug-likeness (QED) is 0.768. The molecule has 0 radical (unpaired) electrons. The maximum Gasteiger partial charge on any atom is 0.154 e. The Morgan fingerprint density at radius 3 is 2.67 bits per heavy atom. The summed E-state index contributed by atoms with van der Waals surface area (Å²) < 4.78 is 29.9. The first-order valence-electron chi connectivity index (χ1n) is 6.93. The molecule has 1 aliphatic carbocycles. The van der Waals surface area contributed by atoms with E-state index in [0.29, 0.717) is 12.5 Å². The van der Waals surface area contributed by atoms with Crippen LogP contribution in [0.25, 0.3) is 0 Å². The third kappa shape index (κ3) is 4.86. The van der Waals surface area contributed by atoms with Gasteiger partial charge in [0.05, 0.1) is 17.6 Å². The molecular weight excluding hydrogens is 250 g/mol. The Labute approximate surface area is 111 Å². The van der Waals surface area contributed by atoms with E-state index in [4.69, 9.17) is 4.74 Å². The van der Waals surface area contributed by atoms with E-state index in [1.807, 2.05) is 6.92 Å². The molecule has 1 N–H and O–H groups in total. The first-order valence-corrected chi connectivity index (χ1v) is 8.65. The van der Waals surface area contributed by atoms with Gasteiger partial charge < -0.3 is 10.1 Å². The molecule has 4 nitrogen and oxygen atoms in total. The summed E-state index contributed by atoms with van der Waals surface area (Å²) in [6.07, 6.45) is 3.87. The molecule has 5 heteroatoms. The van der Waals surface area contributed by atoms with E-state index in [9.17, 15) is 8.42 Å². The van der Waals surface area contributed by atoms with Crippen molar-refractivity contribution in [2.45, 2.75) is 50.8 Å². The Bertz CT molecular complexity index is 323. The second-order valence-corrected chi connectivity index (χ2v) is 7.76. The van der Waals surface area contributed by atoms with Crippen molar-refractivity contribution in [1.29, 1.82) is 0 Å². The van der Waals surface area contributed by atoms with Crippen molar-refractivity contribution in [3.05, 3.63) is 0 Å². The van der Waals surface area contributed by atoms with Crippen LogP contribution in [0.1, 0.15) is 39.5 Å². The van der Waals surface area contributed by atoms with E-state index < -0.39 is 9.84 Å². The van der Waals surface area contributed by atoms with E-state index in [1.54, 1.807) is 7.11 Å². The Kier molecular flexibility index (Phi) is 6.60. The van der Waals surface area contributed by atoms with Crippen LogP contribution >= 0.6 is 0 Å². The van der Waals surface area contributed by atoms with Gasteiger partial charge in [-0.05, 0) is 25.3 Å². The van der Waals surface area contributed by atoms with Crippen LogP contribution in [-0.2, 0) is 14.6 Å². The number of sulfone groups is 1. The van der Waals surface area contributed by atoms with Crippen LogP contribution in [-0.4, -0.2) is 45.7 Å². The molecule has 0 heterocycles. The molecule has 1 saturated carbocycles. The number of nitrogens with one attached hydrogen (secondary N) is 1. The summed E-state index contributed by atoms with van der Waals surface area (Å²) >= 11 is 0. The number of hydrogen-bond acceptors (Lipinski definition) is 4. The van der Waals surface area contributed by atoms with Gasteiger partial charge >= 0.3 is 0 Å². The van der Waals surface area contributed by atoms with E-state index >= 15 is 0 Å². The number of rotatable bonds is 7. The van der Waals surface area contributed by atoms with Crippen LogP contribution in [0.3, 0.4) is 0 Å². The van der Waals surface area contributed by atoms with Gasteiger partial charge in [-0.15, -0.1) is 0 Å². The zero-order valence-electron chi connectivity index (χ0n) is 11.8. The minimum absolute atomic E-state index is 0.0813. The summed E-state index contributed by atoms with van der Waals surface area (Å²) in [6.45, 7) is 5.36. The summed E-state index contributed by atoms with van der Waals surface area (Å²) in [6, 6.07) is -0.0813. The highest BCUT2D eigenvalue weighted by Crippen LogP contribution is 2.28. The lowest BCUT2D eigenvalue weighted by Crippen LogP contribution is -2.42. The minimum Gasteiger partial charge on any atom is -0.383 e. The molecule has 0 amide bonds. The van der Waals surface area contributed by atoms with Crippen molar-refractivity contribution in [3.8, 4) is 0 Å². The summed E-state index contributed by atoms with van der Waals surface area (Å²) in [7, 11) is -1.39. The molecular formula is C13H27NO3S. The summed E-state index contributed by atoms with van der Waals surface area (Å²) in [5.41, 5.74) is 0. The van der Waals surface area contributed by atoms with E-state index in [0.717, 1.165) is 25.8 Å². The molecule has 1 rings (SSSR count). The van der Waals surface area contributed by atoms with Gasteiger partial charge in [-0.3, -0.25) is 0 Å². The van der Waals surface area contributed by atoms with Crippen LogP contribution < -0.4 is 5.32 Å². The maximum atomic E-state index is 12.4. The molecule has 0 spiro atoms. The fraction of sp³-hybridized carbons (Fsp3) is 1.00. The largest absolute Gasteiger partial charge is 0.383 e. The van der Waals surface area contributed by atoms with Gasteiger partial charge in [0.25, 0.3) is 0 Å². The van der Waals surface area contributed by atoms with E-state index in [-0.39, 0.29) is 17.0 Å². The van der Waals surface area contributed by atoms with Gasteiger partial charge in [0, 0.05) is 13.2 Å². The molecule has 1 aliphatic rings. The molecule has 1 fully saturated rings. The first-order chi connectivity index (χ1) is 8.49. The lowest BCUT2D eigenvalue weighted by molar-refractivity contribution is 0.173. The lowest BCUT2D eigenvalue weighted by Gasteiger charge is -2.28. The summed E-state index contributed by atoms with van der Waals surface area (Å²) in [5, 5.41) is 3.05. The highest BCUT2D eigenvalue weighted by molar-refractivity contribution is 7.92. The number of likely N-dealkylation sites (N-methyl/N-ethyl adjacent to an activating group) is 1. The third-order valence-corrected chi connectivity index (χ3v) is 6.00. The third-order valence-electron chi connectivity index (χ3n) is 3.69. The fourth-order valence-electron chi connectivity index (χ4n) is 2.78. The van der Waals surface area contributed by atoms with Crippen molar-refractivity contribution in [2.24, 2.45) is 5.92 Å². The number of methoxy groups -OCH3 is 1. The molecule has 0 bridgehead atoms. The molecule has 18 heavy (non-hydrogen) atoms. The topological polar surface area (TPSA) is 55.4 Å². The van der Waals surface area contributed by atoms with Gasteiger partial charge in [-0.1, -0.05) is 26.7 Å². The van der Waals surface area contributed by atoms with Crippen molar-refractivity contribution in [2.75, 3.05) is 26.0 Å². The van der Waals surface area contributed by atoms with E-state index in [1.165, 1.54) is 6.42 Å². The Hall–Kier alpha value is -0.130. The Morgan fingerprint density at radius 2 is 2.11 bits per heavy atom. The average Bonchev–Trinajstić information content (AvgIpc) is 2.29. The Morgan fingerprint density at radius 1 is 1.39 bits per heavy atom. The maximum absolute atomic E-state index is 12.4. The SMILES string of the molecule is CCNC(COC)CS(=O)(=O)C1CCCC(C)C1. The molecule has 0 aromatic heterocycles. The van der Waals surface area contributed by atoms with Crippen LogP contribution in [0.15, 0.2) is 0 Å². The van der Waals surface area contributed by atoms with Gasteiger partial charge in [-0.2, -0.15) is 0 Å². The normalized spacial score (nSPS) is 27.1. The molecule has 0 aliphatic heterocycles. The zero-order valence-corrected chi connectivity index (χ0v) is 12.6. The van der Waals surface area contributed by atoms with Crippen molar-refractivity contribution >= 4 is 9.84 Å². The second kappa shape index (κ2) is 7.46. The molecule has 0 aromatic carbocycles. The fourth-order valence-corrected chi connectivity index (χ4v) is 4.97. The van der Waals surface area contributed by atoms with Crippen molar-refractivity contribution < 1.29 is 13.2 Å². The van der Waals surface area contributed by atoms with Crippen LogP contribution in [0, 0.1) is 5.92 Å². The monoisotopic (exact) mass is 277 g/mol. The number of ether oxygens (including phenoxy) is 1. The van der Waals surface area contributed by atoms with Crippen molar-refractivity contribution in [1.82, 2.24) is 5.32 Å². The van der Waals surface area contributed by atoms with Crippen molar-refractivity contribution in [3.63, 3.8) is 0 Å². The summed E-state index contributed by atoms with van der Waals surface area (Å²) in [5.74, 6) is 0.741. The molecule has 0 saturated heterocycles. The second-order valence-electron chi connectivity index (χ2n) is 5.43. The lowest BCUT2D eigenvalue weighted by atomic mass is 9.91. The predicted octanol–water partition coefficient (Wildman–Crippen LogP) is 1.60. The van der Waals surface area contributed by atoms with Gasteiger partial charge in [-0.25, -0.2) is 8.42 Å². The van der Waals surface area contributed by atoms with Gasteiger partial charge in [0.1, 0.15) is 0 Å². The van der Waals surface area contributed by atoms with E-state index in [2.05, 4.69) is 12.2 Å². The minimum atomic E-state index is -3.00. The molecule has 3 atom stereocenters. The number of hydrogen-bond donors (Lipinski definition) is 1. The van der Waals surface area contributed by atoms with Gasteiger partial charge in [0.2, 0.25) is 0 Å². The highest BCUT2D eigenvalue weighted by atomic mass is 32.2. The summed E-state index contributed by atoms with van der Waals surface area (Å²) in [4.78, 5) is 0. The van der Waals surface area contributed by atoms with Crippen LogP contribution in [0.5, 0.6) is 0 Å². The van der Waals surface area contributed by atoms with Crippen LogP contribution in [0.2, 0.25) is 0 Å². The highest BCUT2D eigenvalue weighted by Gasteiger charge is 2.31. The molecule has 108 valence electrons. The zero-order chi connectivity index (χ0) is 13.6. The smallest absolute Gasteiger partial charge is 0.154 e. The average molecular weight is 277 g/mol. The molecule has 3 unspecified atom stereocenters.